The van der Waals surface area contributed by atoms with Gasteiger partial charge in [-0.25, -0.2) is 0 Å². The minimum Gasteiger partial charge on any atom is -0.454 e. The number of halogens is 1. The van der Waals surface area contributed by atoms with Crippen LogP contribution in [-0.4, -0.2) is 6.04 Å². The molecule has 0 bridgehead atoms. The number of hydrogen-bond donors (Lipinski definition) is 1. The van der Waals surface area contributed by atoms with Gasteiger partial charge in [-0.1, -0.05) is 12.2 Å². The molecule has 1 N–H and O–H groups in total. The summed E-state index contributed by atoms with van der Waals surface area (Å²) in [5, 5.41) is 3.50. The second kappa shape index (κ2) is 4.98. The van der Waals surface area contributed by atoms with Gasteiger partial charge < -0.3 is 9.73 Å². The van der Waals surface area contributed by atoms with Gasteiger partial charge in [-0.15, -0.1) is 0 Å². The average molecular weight is 303 g/mol. The summed E-state index contributed by atoms with van der Waals surface area (Å²) in [7, 11) is 0. The second-order valence-electron chi connectivity index (χ2n) is 3.57. The van der Waals surface area contributed by atoms with E-state index >= 15 is 0 Å². The van der Waals surface area contributed by atoms with Crippen LogP contribution in [0.5, 0.6) is 0 Å². The third kappa shape index (κ3) is 2.85. The highest BCUT2D eigenvalue weighted by Crippen LogP contribution is 2.13. The van der Waals surface area contributed by atoms with Gasteiger partial charge in [0.05, 0.1) is 6.54 Å². The molecule has 3 heteroatoms. The van der Waals surface area contributed by atoms with E-state index in [1.165, 1.54) is 12.8 Å². The van der Waals surface area contributed by atoms with E-state index in [0.717, 1.165) is 22.5 Å². The van der Waals surface area contributed by atoms with E-state index in [2.05, 4.69) is 40.1 Å². The van der Waals surface area contributed by atoms with Crippen LogP contribution in [0, 0.1) is 3.77 Å². The van der Waals surface area contributed by atoms with Gasteiger partial charge in [-0.05, 0) is 54.0 Å². The molecule has 0 saturated heterocycles. The Labute approximate surface area is 97.9 Å². The number of hydrogen-bond acceptors (Lipinski definition) is 2. The monoisotopic (exact) mass is 303 g/mol. The van der Waals surface area contributed by atoms with E-state index < -0.39 is 0 Å². The Morgan fingerprint density at radius 3 is 3.00 bits per heavy atom. The van der Waals surface area contributed by atoms with Crippen LogP contribution in [-0.2, 0) is 6.54 Å². The molecule has 1 atom stereocenters. The Kier molecular flexibility index (Phi) is 3.64. The van der Waals surface area contributed by atoms with Crippen LogP contribution in [0.3, 0.4) is 0 Å². The molecule has 2 nitrogen and oxygen atoms in total. The lowest BCUT2D eigenvalue weighted by Gasteiger charge is -2.18. The zero-order valence-electron chi connectivity index (χ0n) is 8.00. The molecule has 1 unspecified atom stereocenters. The van der Waals surface area contributed by atoms with Gasteiger partial charge in [0.15, 0.2) is 3.77 Å². The van der Waals surface area contributed by atoms with Crippen LogP contribution in [0.2, 0.25) is 0 Å². The largest absolute Gasteiger partial charge is 0.454 e. The van der Waals surface area contributed by atoms with Crippen LogP contribution in [0.15, 0.2) is 28.7 Å². The fourth-order valence-electron chi connectivity index (χ4n) is 1.67. The second-order valence-corrected chi connectivity index (χ2v) is 4.63. The zero-order chi connectivity index (χ0) is 9.80. The fraction of sp³-hybridized carbons (Fsp3) is 0.455. The van der Waals surface area contributed by atoms with Crippen molar-refractivity contribution in [3.8, 4) is 0 Å². The fourth-order valence-corrected chi connectivity index (χ4v) is 2.13. The standard InChI is InChI=1S/C11H14INO/c12-11-7-6-10(14-11)8-13-9-4-2-1-3-5-9/h1-2,6-7,9,13H,3-5,8H2. The minimum absolute atomic E-state index is 0.628. The van der Waals surface area contributed by atoms with Crippen molar-refractivity contribution in [2.45, 2.75) is 31.8 Å². The number of rotatable bonds is 3. The summed E-state index contributed by atoms with van der Waals surface area (Å²) in [4.78, 5) is 0. The van der Waals surface area contributed by atoms with E-state index in [9.17, 15) is 0 Å². The molecular weight excluding hydrogens is 289 g/mol. The lowest BCUT2D eigenvalue weighted by molar-refractivity contribution is 0.416. The van der Waals surface area contributed by atoms with Gasteiger partial charge in [0.1, 0.15) is 5.76 Å². The Morgan fingerprint density at radius 2 is 2.36 bits per heavy atom. The first-order valence-electron chi connectivity index (χ1n) is 4.97. The first-order chi connectivity index (χ1) is 6.84. The number of allylic oxidation sites excluding steroid dienone is 1. The summed E-state index contributed by atoms with van der Waals surface area (Å²) in [6.07, 6.45) is 8.11. The van der Waals surface area contributed by atoms with E-state index in [1.54, 1.807) is 0 Å². The maximum atomic E-state index is 5.48. The highest BCUT2D eigenvalue weighted by molar-refractivity contribution is 14.1. The molecule has 1 heterocycles. The van der Waals surface area contributed by atoms with Crippen molar-refractivity contribution < 1.29 is 4.42 Å². The minimum atomic E-state index is 0.628. The molecule has 0 saturated carbocycles. The number of furan rings is 1. The lowest BCUT2D eigenvalue weighted by Crippen LogP contribution is -2.28. The first-order valence-corrected chi connectivity index (χ1v) is 6.05. The Morgan fingerprint density at radius 1 is 1.43 bits per heavy atom. The molecule has 0 spiro atoms. The van der Waals surface area contributed by atoms with E-state index in [4.69, 9.17) is 4.42 Å². The summed E-state index contributed by atoms with van der Waals surface area (Å²) in [5.41, 5.74) is 0. The maximum absolute atomic E-state index is 5.48. The van der Waals surface area contributed by atoms with Crippen molar-refractivity contribution in [3.05, 3.63) is 33.8 Å². The van der Waals surface area contributed by atoms with E-state index in [1.807, 2.05) is 12.1 Å². The molecular formula is C11H14INO. The molecule has 0 amide bonds. The van der Waals surface area contributed by atoms with Crippen molar-refractivity contribution in [1.82, 2.24) is 5.32 Å². The van der Waals surface area contributed by atoms with E-state index in [-0.39, 0.29) is 0 Å². The van der Waals surface area contributed by atoms with Gasteiger partial charge in [0, 0.05) is 6.04 Å². The summed E-state index contributed by atoms with van der Waals surface area (Å²) in [6.45, 7) is 0.849. The molecule has 1 aromatic rings. The SMILES string of the molecule is Ic1ccc(CNC2CC=CCC2)o1. The van der Waals surface area contributed by atoms with Crippen LogP contribution >= 0.6 is 22.6 Å². The molecule has 0 aromatic carbocycles. The highest BCUT2D eigenvalue weighted by Gasteiger charge is 2.09. The molecule has 2 rings (SSSR count). The van der Waals surface area contributed by atoms with Gasteiger partial charge in [0.25, 0.3) is 0 Å². The van der Waals surface area contributed by atoms with Crippen LogP contribution in [0.1, 0.15) is 25.0 Å². The van der Waals surface area contributed by atoms with Gasteiger partial charge >= 0.3 is 0 Å². The quantitative estimate of drug-likeness (QED) is 0.686. The highest BCUT2D eigenvalue weighted by atomic mass is 127. The molecule has 0 fully saturated rings. The van der Waals surface area contributed by atoms with Crippen molar-refractivity contribution in [2.75, 3.05) is 0 Å². The van der Waals surface area contributed by atoms with Crippen LogP contribution < -0.4 is 5.32 Å². The predicted octanol–water partition coefficient (Wildman–Crippen LogP) is 3.08. The van der Waals surface area contributed by atoms with Gasteiger partial charge in [-0.3, -0.25) is 0 Å². The predicted molar refractivity (Wildman–Crippen MR) is 65.0 cm³/mol. The number of nitrogens with one attached hydrogen (secondary N) is 1. The zero-order valence-corrected chi connectivity index (χ0v) is 10.2. The Bertz CT molecular complexity index is 319. The summed E-state index contributed by atoms with van der Waals surface area (Å²) in [6, 6.07) is 4.66. The summed E-state index contributed by atoms with van der Waals surface area (Å²) >= 11 is 2.19. The van der Waals surface area contributed by atoms with Crippen molar-refractivity contribution >= 4 is 22.6 Å². The molecule has 14 heavy (non-hydrogen) atoms. The van der Waals surface area contributed by atoms with Crippen molar-refractivity contribution in [1.29, 1.82) is 0 Å². The third-order valence-corrected chi connectivity index (χ3v) is 3.04. The first kappa shape index (κ1) is 10.2. The smallest absolute Gasteiger partial charge is 0.164 e. The van der Waals surface area contributed by atoms with E-state index in [0.29, 0.717) is 6.04 Å². The average Bonchev–Trinajstić information content (AvgIpc) is 2.63. The topological polar surface area (TPSA) is 25.2 Å². The van der Waals surface area contributed by atoms with Gasteiger partial charge in [0.2, 0.25) is 0 Å². The molecule has 0 radical (unpaired) electrons. The van der Waals surface area contributed by atoms with Gasteiger partial charge in [-0.2, -0.15) is 0 Å². The molecule has 1 aromatic heterocycles. The summed E-state index contributed by atoms with van der Waals surface area (Å²) in [5.74, 6) is 1.03. The van der Waals surface area contributed by atoms with Crippen LogP contribution in [0.4, 0.5) is 0 Å². The normalized spacial score (nSPS) is 21.4. The van der Waals surface area contributed by atoms with Crippen molar-refractivity contribution in [3.63, 3.8) is 0 Å². The van der Waals surface area contributed by atoms with Crippen molar-refractivity contribution in [2.24, 2.45) is 0 Å². The Balaban J connectivity index is 1.79. The molecule has 1 aliphatic carbocycles. The Hall–Kier alpha value is -0.290. The lowest BCUT2D eigenvalue weighted by atomic mass is 10.0. The van der Waals surface area contributed by atoms with Crippen LogP contribution in [0.25, 0.3) is 0 Å². The molecule has 76 valence electrons. The molecule has 1 aliphatic rings. The summed E-state index contributed by atoms with van der Waals surface area (Å²) < 4.78 is 6.44. The maximum Gasteiger partial charge on any atom is 0.164 e. The third-order valence-electron chi connectivity index (χ3n) is 2.46. The molecule has 0 aliphatic heterocycles.